The van der Waals surface area contributed by atoms with Crippen molar-refractivity contribution in [3.8, 4) is 11.3 Å². The molecule has 0 radical (unpaired) electrons. The molecule has 0 saturated carbocycles. The molecule has 0 bridgehead atoms. The molecule has 3 aromatic heterocycles. The highest BCUT2D eigenvalue weighted by Crippen LogP contribution is 2.24. The van der Waals surface area contributed by atoms with Crippen LogP contribution in [0.1, 0.15) is 18.4 Å². The lowest BCUT2D eigenvalue weighted by atomic mass is 10.1. The number of nitrogens with two attached hydrogens (primary N) is 1. The number of anilines is 2. The van der Waals surface area contributed by atoms with Crippen LogP contribution in [0, 0.1) is 0 Å². The maximum atomic E-state index is 6.06. The van der Waals surface area contributed by atoms with Crippen LogP contribution in [0.2, 0.25) is 0 Å². The van der Waals surface area contributed by atoms with Gasteiger partial charge in [0.1, 0.15) is 0 Å². The highest BCUT2D eigenvalue weighted by Gasteiger charge is 2.21. The van der Waals surface area contributed by atoms with E-state index in [1.54, 1.807) is 16.9 Å². The minimum Gasteiger partial charge on any atom is -0.350 e. The fourth-order valence-electron chi connectivity index (χ4n) is 3.70. The third-order valence-corrected chi connectivity index (χ3v) is 6.06. The van der Waals surface area contributed by atoms with Crippen LogP contribution in [0.5, 0.6) is 0 Å². The van der Waals surface area contributed by atoms with Crippen molar-refractivity contribution >= 4 is 33.5 Å². The summed E-state index contributed by atoms with van der Waals surface area (Å²) < 4.78 is 2.57. The lowest BCUT2D eigenvalue weighted by molar-refractivity contribution is 0.495. The second kappa shape index (κ2) is 8.60. The largest absolute Gasteiger partial charge is 0.350 e. The van der Waals surface area contributed by atoms with E-state index in [-0.39, 0.29) is 6.04 Å². The summed E-state index contributed by atoms with van der Waals surface area (Å²) in [5, 5.41) is 7.84. The van der Waals surface area contributed by atoms with Gasteiger partial charge >= 0.3 is 0 Å². The first-order valence-corrected chi connectivity index (χ1v) is 11.1. The maximum Gasteiger partial charge on any atom is 0.230 e. The summed E-state index contributed by atoms with van der Waals surface area (Å²) in [6.07, 6.45) is 5.44. The smallest absolute Gasteiger partial charge is 0.230 e. The summed E-state index contributed by atoms with van der Waals surface area (Å²) in [6.45, 7) is 2.34. The highest BCUT2D eigenvalue weighted by atomic mass is 79.9. The zero-order chi connectivity index (χ0) is 21.2. The predicted octanol–water partition coefficient (Wildman–Crippen LogP) is 3.49. The Bertz CT molecular complexity index is 1170. The Morgan fingerprint density at radius 1 is 1.06 bits per heavy atom. The summed E-state index contributed by atoms with van der Waals surface area (Å²) in [5.41, 5.74) is 10.0. The number of fused-ring (bicyclic) bond motifs is 1. The first-order chi connectivity index (χ1) is 15.2. The summed E-state index contributed by atoms with van der Waals surface area (Å²) in [6, 6.07) is 14.5. The topological polar surface area (TPSA) is 97.3 Å². The third-order valence-electron chi connectivity index (χ3n) is 5.50. The maximum absolute atomic E-state index is 6.06. The molecule has 1 saturated heterocycles. The van der Waals surface area contributed by atoms with E-state index < -0.39 is 0 Å². The molecule has 4 aromatic rings. The van der Waals surface area contributed by atoms with E-state index in [0.29, 0.717) is 18.4 Å². The average Bonchev–Trinajstić information content (AvgIpc) is 3.20. The number of nitrogens with zero attached hydrogens (tertiary/aromatic N) is 6. The number of aromatic nitrogens is 5. The van der Waals surface area contributed by atoms with E-state index in [9.17, 15) is 0 Å². The van der Waals surface area contributed by atoms with Gasteiger partial charge in [-0.05, 0) is 46.5 Å². The minimum atomic E-state index is 0.258. The third kappa shape index (κ3) is 4.24. The van der Waals surface area contributed by atoms with Crippen molar-refractivity contribution < 1.29 is 0 Å². The molecule has 0 aliphatic carbocycles. The van der Waals surface area contributed by atoms with Crippen molar-refractivity contribution in [3.63, 3.8) is 0 Å². The number of pyridine rings is 1. The standard InChI is InChI=1S/C22H23BrN8/c23-18-14-27-31-20(18)28-22(30-11-8-17(24)9-12-30)29-21(31)26-13-15-4-6-16(7-5-15)19-3-1-2-10-25-19/h1-7,10,14,17H,8-9,11-13,24H2,(H,26,28,29). The van der Waals surface area contributed by atoms with Crippen molar-refractivity contribution in [1.29, 1.82) is 0 Å². The second-order valence-electron chi connectivity index (χ2n) is 7.67. The molecule has 1 aliphatic rings. The lowest BCUT2D eigenvalue weighted by Gasteiger charge is -2.30. The van der Waals surface area contributed by atoms with Gasteiger partial charge in [-0.15, -0.1) is 0 Å². The van der Waals surface area contributed by atoms with Crippen LogP contribution in [0.4, 0.5) is 11.9 Å². The molecule has 158 valence electrons. The summed E-state index contributed by atoms with van der Waals surface area (Å²) in [4.78, 5) is 16.1. The van der Waals surface area contributed by atoms with Gasteiger partial charge in [0.2, 0.25) is 11.9 Å². The lowest BCUT2D eigenvalue weighted by Crippen LogP contribution is -2.40. The molecule has 0 spiro atoms. The normalized spacial score (nSPS) is 14.8. The molecule has 5 rings (SSSR count). The zero-order valence-corrected chi connectivity index (χ0v) is 18.5. The molecule has 0 atom stereocenters. The van der Waals surface area contributed by atoms with Crippen LogP contribution in [0.15, 0.2) is 59.3 Å². The molecule has 1 aliphatic heterocycles. The second-order valence-corrected chi connectivity index (χ2v) is 8.52. The van der Waals surface area contributed by atoms with E-state index in [0.717, 1.165) is 52.9 Å². The Labute approximate surface area is 188 Å². The number of hydrogen-bond donors (Lipinski definition) is 2. The molecule has 9 heteroatoms. The Hall–Kier alpha value is -3.04. The summed E-state index contributed by atoms with van der Waals surface area (Å²) in [7, 11) is 0. The van der Waals surface area contributed by atoms with Crippen LogP contribution in [0.3, 0.4) is 0 Å². The molecule has 1 fully saturated rings. The summed E-state index contributed by atoms with van der Waals surface area (Å²) in [5.74, 6) is 1.36. The Balaban J connectivity index is 1.37. The SMILES string of the molecule is NC1CCN(c2nc(NCc3ccc(-c4ccccn4)cc3)n3ncc(Br)c3n2)CC1. The Kier molecular flexibility index (Phi) is 5.52. The van der Waals surface area contributed by atoms with Crippen LogP contribution >= 0.6 is 15.9 Å². The molecular formula is C22H23BrN8. The number of halogens is 1. The van der Waals surface area contributed by atoms with Gasteiger partial charge < -0.3 is 16.0 Å². The van der Waals surface area contributed by atoms with Gasteiger partial charge in [-0.25, -0.2) is 0 Å². The molecule has 4 heterocycles. The number of nitrogens with one attached hydrogen (secondary N) is 1. The first-order valence-electron chi connectivity index (χ1n) is 10.3. The molecule has 31 heavy (non-hydrogen) atoms. The first kappa shape index (κ1) is 19.9. The van der Waals surface area contributed by atoms with E-state index in [1.165, 1.54) is 0 Å². The number of rotatable bonds is 5. The monoisotopic (exact) mass is 478 g/mol. The fourth-order valence-corrected chi connectivity index (χ4v) is 4.05. The van der Waals surface area contributed by atoms with Gasteiger partial charge in [0, 0.05) is 37.4 Å². The van der Waals surface area contributed by atoms with E-state index in [4.69, 9.17) is 15.7 Å². The fraction of sp³-hybridized carbons (Fsp3) is 0.273. The zero-order valence-electron chi connectivity index (χ0n) is 16.9. The molecular weight excluding hydrogens is 456 g/mol. The number of piperidine rings is 1. The molecule has 0 amide bonds. The Morgan fingerprint density at radius 2 is 1.87 bits per heavy atom. The summed E-state index contributed by atoms with van der Waals surface area (Å²) >= 11 is 3.55. The van der Waals surface area contributed by atoms with Crippen molar-refractivity contribution in [2.45, 2.75) is 25.4 Å². The Morgan fingerprint density at radius 3 is 2.61 bits per heavy atom. The van der Waals surface area contributed by atoms with Gasteiger partial charge in [0.05, 0.1) is 16.4 Å². The van der Waals surface area contributed by atoms with Crippen LogP contribution in [0.25, 0.3) is 16.9 Å². The quantitative estimate of drug-likeness (QED) is 0.452. The van der Waals surface area contributed by atoms with E-state index in [1.807, 2.05) is 18.2 Å². The van der Waals surface area contributed by atoms with Gasteiger partial charge in [-0.2, -0.15) is 19.6 Å². The van der Waals surface area contributed by atoms with Crippen molar-refractivity contribution in [1.82, 2.24) is 24.6 Å². The molecule has 1 aromatic carbocycles. The van der Waals surface area contributed by atoms with Gasteiger partial charge in [-0.3, -0.25) is 4.98 Å². The van der Waals surface area contributed by atoms with Gasteiger partial charge in [0.25, 0.3) is 0 Å². The predicted molar refractivity (Wildman–Crippen MR) is 125 cm³/mol. The highest BCUT2D eigenvalue weighted by molar-refractivity contribution is 9.10. The van der Waals surface area contributed by atoms with Crippen LogP contribution < -0.4 is 16.0 Å². The van der Waals surface area contributed by atoms with Crippen LogP contribution in [-0.4, -0.2) is 43.7 Å². The van der Waals surface area contributed by atoms with Gasteiger partial charge in [0.15, 0.2) is 5.65 Å². The average molecular weight is 479 g/mol. The molecule has 0 unspecified atom stereocenters. The van der Waals surface area contributed by atoms with Crippen LogP contribution in [-0.2, 0) is 6.54 Å². The van der Waals surface area contributed by atoms with Crippen molar-refractivity contribution in [2.24, 2.45) is 5.73 Å². The van der Waals surface area contributed by atoms with Gasteiger partial charge in [-0.1, -0.05) is 30.3 Å². The van der Waals surface area contributed by atoms with Crippen molar-refractivity contribution in [3.05, 3.63) is 64.9 Å². The number of hydrogen-bond acceptors (Lipinski definition) is 7. The van der Waals surface area contributed by atoms with Crippen molar-refractivity contribution in [2.75, 3.05) is 23.3 Å². The minimum absolute atomic E-state index is 0.258. The molecule has 8 nitrogen and oxygen atoms in total. The number of benzene rings is 1. The van der Waals surface area contributed by atoms with E-state index >= 15 is 0 Å². The molecule has 3 N–H and O–H groups in total. The van der Waals surface area contributed by atoms with E-state index in [2.05, 4.69) is 60.5 Å².